The van der Waals surface area contributed by atoms with Crippen LogP contribution >= 0.6 is 7.29 Å². The average molecular weight is 401 g/mol. The van der Waals surface area contributed by atoms with Crippen molar-refractivity contribution in [1.82, 2.24) is 5.09 Å². The normalized spacial score (nSPS) is 10.8. The first-order valence-corrected chi connectivity index (χ1v) is 7.39. The van der Waals surface area contributed by atoms with E-state index >= 15 is 0 Å². The minimum absolute atomic E-state index is 0. The van der Waals surface area contributed by atoms with Gasteiger partial charge in [-0.3, -0.25) is 4.57 Å². The van der Waals surface area contributed by atoms with Gasteiger partial charge in [-0.1, -0.05) is 43.0 Å². The van der Waals surface area contributed by atoms with Gasteiger partial charge >= 0.3 is 0 Å². The van der Waals surface area contributed by atoms with Crippen molar-refractivity contribution in [3.05, 3.63) is 67.2 Å². The van der Waals surface area contributed by atoms with E-state index in [1.165, 1.54) is 6.54 Å². The summed E-state index contributed by atoms with van der Waals surface area (Å²) in [5.74, 6) is 0. The van der Waals surface area contributed by atoms with Crippen molar-refractivity contribution in [2.45, 2.75) is 0 Å². The molecule has 2 N–H and O–H groups in total. The van der Waals surface area contributed by atoms with Crippen molar-refractivity contribution < 1.29 is 51.0 Å². The Kier molecular flexibility index (Phi) is 7.42. The molecule has 0 saturated heterocycles. The molecule has 1 radical (unpaired) electrons. The van der Waals surface area contributed by atoms with Crippen LogP contribution < -0.4 is 15.7 Å². The molecule has 0 spiro atoms. The van der Waals surface area contributed by atoms with E-state index in [2.05, 4.69) is 5.09 Å². The van der Waals surface area contributed by atoms with Crippen LogP contribution in [0.4, 0.5) is 0 Å². The van der Waals surface area contributed by atoms with Gasteiger partial charge in [-0.25, -0.2) is 6.54 Å². The van der Waals surface area contributed by atoms with Crippen LogP contribution in [0.2, 0.25) is 0 Å². The molecule has 0 bridgehead atoms. The Balaban J connectivity index is 0.00000180. The summed E-state index contributed by atoms with van der Waals surface area (Å²) >= 11 is 0. The predicted molar refractivity (Wildman–Crippen MR) is 74.3 cm³/mol. The first kappa shape index (κ1) is 17.0. The molecule has 0 atom stereocenters. The molecule has 97 valence electrons. The molecule has 19 heavy (non-hydrogen) atoms. The van der Waals surface area contributed by atoms with Gasteiger partial charge in [-0.2, -0.15) is 0 Å². The van der Waals surface area contributed by atoms with E-state index < -0.39 is 7.29 Å². The third-order valence-corrected chi connectivity index (χ3v) is 5.20. The number of hydrogen-bond donors (Lipinski definition) is 2. The molecule has 2 aromatic rings. The van der Waals surface area contributed by atoms with E-state index in [-0.39, 0.29) is 47.9 Å². The SMILES string of the molecule is O=P(N[CH-]CO)(c1ccccc1)c1ccccc1.[Pr]. The Labute approximate surface area is 146 Å². The zero-order chi connectivity index (χ0) is 12.8. The number of aliphatic hydroxyl groups is 1. The summed E-state index contributed by atoms with van der Waals surface area (Å²) in [6, 6.07) is 18.5. The van der Waals surface area contributed by atoms with Crippen molar-refractivity contribution >= 4 is 17.9 Å². The van der Waals surface area contributed by atoms with Crippen molar-refractivity contribution in [1.29, 1.82) is 0 Å². The molecule has 0 aromatic heterocycles. The molecule has 2 rings (SSSR count). The molecule has 5 heteroatoms. The van der Waals surface area contributed by atoms with Crippen LogP contribution in [0, 0.1) is 47.8 Å². The smallest absolute Gasteiger partial charge is 0.177 e. The van der Waals surface area contributed by atoms with Crippen LogP contribution in [-0.4, -0.2) is 11.7 Å². The van der Waals surface area contributed by atoms with Crippen LogP contribution in [-0.2, 0) is 4.57 Å². The minimum atomic E-state index is -2.91. The van der Waals surface area contributed by atoms with Crippen LogP contribution in [0.15, 0.2) is 60.7 Å². The fourth-order valence-corrected chi connectivity index (χ4v) is 3.86. The van der Waals surface area contributed by atoms with E-state index in [0.717, 1.165) is 10.6 Å². The summed E-state index contributed by atoms with van der Waals surface area (Å²) in [4.78, 5) is 0. The van der Waals surface area contributed by atoms with Gasteiger partial charge in [-0.15, -0.1) is 0 Å². The Bertz CT molecular complexity index is 490. The molecular formula is C14H15NO2PPr-. The molecule has 0 aliphatic carbocycles. The fourth-order valence-electron chi connectivity index (χ4n) is 1.74. The van der Waals surface area contributed by atoms with E-state index in [4.69, 9.17) is 5.11 Å². The average Bonchev–Trinajstić information content (AvgIpc) is 2.46. The quantitative estimate of drug-likeness (QED) is 0.592. The van der Waals surface area contributed by atoms with Gasteiger partial charge in [0.25, 0.3) is 0 Å². The topological polar surface area (TPSA) is 49.3 Å². The van der Waals surface area contributed by atoms with Gasteiger partial charge in [0.15, 0.2) is 7.29 Å². The largest absolute Gasteiger partial charge is 0.427 e. The van der Waals surface area contributed by atoms with Crippen molar-refractivity contribution in [3.63, 3.8) is 0 Å². The third kappa shape index (κ3) is 4.21. The molecule has 0 heterocycles. The Morgan fingerprint density at radius 2 is 1.37 bits per heavy atom. The molecule has 0 unspecified atom stereocenters. The molecule has 0 aliphatic rings. The van der Waals surface area contributed by atoms with Gasteiger partial charge < -0.3 is 10.2 Å². The van der Waals surface area contributed by atoms with E-state index in [1.54, 1.807) is 0 Å². The standard InChI is InChI=1S/C14H15NO2P.Pr/c16-12-11-15-18(17,13-7-3-1-4-8-13)14-9-5-2-6-10-14;/h1-11,16H,12H2,(H,15,17);/q-1;. The number of nitrogens with one attached hydrogen (secondary N) is 1. The van der Waals surface area contributed by atoms with E-state index in [1.807, 2.05) is 60.7 Å². The number of aliphatic hydroxyl groups excluding tert-OH is 1. The summed E-state index contributed by atoms with van der Waals surface area (Å²) < 4.78 is 13.1. The molecular weight excluding hydrogens is 386 g/mol. The maximum absolute atomic E-state index is 13.1. The van der Waals surface area contributed by atoms with Gasteiger partial charge in [0.05, 0.1) is 0 Å². The number of hydrogen-bond acceptors (Lipinski definition) is 2. The van der Waals surface area contributed by atoms with Gasteiger partial charge in [0, 0.05) is 51.9 Å². The van der Waals surface area contributed by atoms with Gasteiger partial charge in [0.1, 0.15) is 0 Å². The molecule has 0 fully saturated rings. The second-order valence-corrected chi connectivity index (χ2v) is 6.31. The Morgan fingerprint density at radius 3 is 1.74 bits per heavy atom. The monoisotopic (exact) mass is 401 g/mol. The van der Waals surface area contributed by atoms with E-state index in [0.29, 0.717) is 0 Å². The first-order chi connectivity index (χ1) is 8.77. The molecule has 3 nitrogen and oxygen atoms in total. The maximum atomic E-state index is 13.1. The first-order valence-electron chi connectivity index (χ1n) is 5.69. The molecule has 2 aromatic carbocycles. The van der Waals surface area contributed by atoms with Gasteiger partial charge in [0.2, 0.25) is 0 Å². The zero-order valence-electron chi connectivity index (χ0n) is 10.4. The minimum Gasteiger partial charge on any atom is -0.427 e. The van der Waals surface area contributed by atoms with E-state index in [9.17, 15) is 4.57 Å². The number of rotatable bonds is 5. The summed E-state index contributed by atoms with van der Waals surface area (Å²) in [6.07, 6.45) is 0. The fraction of sp³-hybridized carbons (Fsp3) is 0.0714. The van der Waals surface area contributed by atoms with Crippen molar-refractivity contribution in [2.24, 2.45) is 0 Å². The Morgan fingerprint density at radius 1 is 0.947 bits per heavy atom. The molecule has 0 aliphatic heterocycles. The second kappa shape index (κ2) is 8.29. The van der Waals surface area contributed by atoms with Crippen LogP contribution in [0.25, 0.3) is 0 Å². The maximum Gasteiger partial charge on any atom is 0.177 e. The number of benzene rings is 2. The third-order valence-electron chi connectivity index (χ3n) is 2.60. The summed E-state index contributed by atoms with van der Waals surface area (Å²) in [6.45, 7) is 1.25. The van der Waals surface area contributed by atoms with Crippen LogP contribution in [0.1, 0.15) is 0 Å². The van der Waals surface area contributed by atoms with Crippen LogP contribution in [0.5, 0.6) is 0 Å². The van der Waals surface area contributed by atoms with Gasteiger partial charge in [-0.05, 0) is 24.3 Å². The molecule has 0 saturated carbocycles. The Hall–Kier alpha value is -0.0464. The molecule has 0 amide bonds. The zero-order valence-corrected chi connectivity index (χ0v) is 15.0. The second-order valence-electron chi connectivity index (χ2n) is 3.80. The van der Waals surface area contributed by atoms with Crippen molar-refractivity contribution in [2.75, 3.05) is 6.61 Å². The van der Waals surface area contributed by atoms with Crippen LogP contribution in [0.3, 0.4) is 0 Å². The summed E-state index contributed by atoms with van der Waals surface area (Å²) in [7, 11) is -2.91. The summed E-state index contributed by atoms with van der Waals surface area (Å²) in [5.41, 5.74) is 0. The predicted octanol–water partition coefficient (Wildman–Crippen LogP) is 1.66. The van der Waals surface area contributed by atoms with Crippen molar-refractivity contribution in [3.8, 4) is 0 Å². The summed E-state index contributed by atoms with van der Waals surface area (Å²) in [5, 5.41) is 13.2.